The highest BCUT2D eigenvalue weighted by Gasteiger charge is 2.33. The second kappa shape index (κ2) is 4.11. The molecule has 0 fully saturated rings. The van der Waals surface area contributed by atoms with Crippen LogP contribution in [0, 0.1) is 0 Å². The number of nitrogens with zero attached hydrogens (tertiary/aromatic N) is 3. The van der Waals surface area contributed by atoms with Gasteiger partial charge >= 0.3 is 6.18 Å². The normalized spacial score (nSPS) is 11.8. The van der Waals surface area contributed by atoms with Gasteiger partial charge in [-0.3, -0.25) is 5.10 Å². The van der Waals surface area contributed by atoms with Gasteiger partial charge in [0.15, 0.2) is 0 Å². The van der Waals surface area contributed by atoms with Gasteiger partial charge in [0.2, 0.25) is 0 Å². The molecule has 0 aromatic carbocycles. The van der Waals surface area contributed by atoms with Crippen molar-refractivity contribution in [3.05, 3.63) is 29.8 Å². The molecular weight excluding hydrogens is 240 g/mol. The number of alkyl halides is 4. The van der Waals surface area contributed by atoms with Gasteiger partial charge in [0, 0.05) is 0 Å². The van der Waals surface area contributed by atoms with Crippen molar-refractivity contribution >= 4 is 0 Å². The van der Waals surface area contributed by atoms with Gasteiger partial charge in [0.05, 0.1) is 11.4 Å². The number of nitrogens with one attached hydrogen (secondary N) is 1. The Kier molecular flexibility index (Phi) is 2.78. The summed E-state index contributed by atoms with van der Waals surface area (Å²) in [6, 6.07) is 2.06. The van der Waals surface area contributed by atoms with E-state index >= 15 is 0 Å². The molecule has 0 atom stereocenters. The fourth-order valence-corrected chi connectivity index (χ4v) is 1.21. The standard InChI is InChI=1S/C9H6F4N4/c10-3-5-1-7(17-16-5)6-2-8(9(11,12)13)15-4-14-6/h1-2,4H,3H2,(H,16,17). The third-order valence-electron chi connectivity index (χ3n) is 1.99. The summed E-state index contributed by atoms with van der Waals surface area (Å²) in [7, 11) is 0. The van der Waals surface area contributed by atoms with E-state index in [2.05, 4.69) is 20.2 Å². The maximum absolute atomic E-state index is 12.4. The number of hydrogen-bond acceptors (Lipinski definition) is 3. The maximum atomic E-state index is 12.4. The molecule has 17 heavy (non-hydrogen) atoms. The molecule has 8 heteroatoms. The fraction of sp³-hybridized carbons (Fsp3) is 0.222. The predicted octanol–water partition coefficient (Wildman–Crippen LogP) is 2.35. The van der Waals surface area contributed by atoms with Crippen LogP contribution in [-0.2, 0) is 12.9 Å². The van der Waals surface area contributed by atoms with Crippen molar-refractivity contribution in [2.45, 2.75) is 12.9 Å². The lowest BCUT2D eigenvalue weighted by Gasteiger charge is -2.05. The molecule has 0 amide bonds. The molecule has 0 saturated heterocycles. The zero-order valence-electron chi connectivity index (χ0n) is 8.29. The number of halogens is 4. The Morgan fingerprint density at radius 2 is 1.88 bits per heavy atom. The lowest BCUT2D eigenvalue weighted by Crippen LogP contribution is -2.08. The Labute approximate surface area is 92.7 Å². The van der Waals surface area contributed by atoms with Gasteiger partial charge in [-0.05, 0) is 12.1 Å². The third kappa shape index (κ3) is 2.40. The Hall–Kier alpha value is -1.99. The second-order valence-electron chi connectivity index (χ2n) is 3.20. The minimum atomic E-state index is -4.54. The van der Waals surface area contributed by atoms with Crippen LogP contribution in [0.25, 0.3) is 11.4 Å². The van der Waals surface area contributed by atoms with Gasteiger partial charge in [0.25, 0.3) is 0 Å². The summed E-state index contributed by atoms with van der Waals surface area (Å²) < 4.78 is 49.4. The monoisotopic (exact) mass is 246 g/mol. The Morgan fingerprint density at radius 1 is 1.12 bits per heavy atom. The van der Waals surface area contributed by atoms with Crippen LogP contribution in [-0.4, -0.2) is 20.2 Å². The van der Waals surface area contributed by atoms with Crippen molar-refractivity contribution in [3.8, 4) is 11.4 Å². The molecule has 2 aromatic rings. The van der Waals surface area contributed by atoms with Gasteiger partial charge < -0.3 is 0 Å². The first-order valence-corrected chi connectivity index (χ1v) is 4.50. The van der Waals surface area contributed by atoms with Crippen molar-refractivity contribution in [1.29, 1.82) is 0 Å². The molecule has 2 aromatic heterocycles. The Balaban J connectivity index is 2.39. The number of aromatic amines is 1. The minimum Gasteiger partial charge on any atom is -0.279 e. The molecule has 0 spiro atoms. The molecule has 90 valence electrons. The molecule has 2 heterocycles. The van der Waals surface area contributed by atoms with Crippen LogP contribution in [0.5, 0.6) is 0 Å². The fourth-order valence-electron chi connectivity index (χ4n) is 1.21. The highest BCUT2D eigenvalue weighted by atomic mass is 19.4. The smallest absolute Gasteiger partial charge is 0.279 e. The summed E-state index contributed by atoms with van der Waals surface area (Å²) in [4.78, 5) is 6.77. The SMILES string of the molecule is FCc1cc(-c2cc(C(F)(F)F)ncn2)n[nH]1. The van der Waals surface area contributed by atoms with E-state index in [0.717, 1.165) is 12.4 Å². The van der Waals surface area contributed by atoms with E-state index in [1.54, 1.807) is 0 Å². The molecule has 0 aliphatic heterocycles. The zero-order chi connectivity index (χ0) is 12.5. The first-order chi connectivity index (χ1) is 8.00. The highest BCUT2D eigenvalue weighted by Crippen LogP contribution is 2.29. The first kappa shape index (κ1) is 11.5. The molecule has 1 N–H and O–H groups in total. The largest absolute Gasteiger partial charge is 0.433 e. The van der Waals surface area contributed by atoms with Crippen LogP contribution in [0.3, 0.4) is 0 Å². The minimum absolute atomic E-state index is 0.0109. The lowest BCUT2D eigenvalue weighted by molar-refractivity contribution is -0.141. The van der Waals surface area contributed by atoms with Crippen LogP contribution in [0.15, 0.2) is 18.5 Å². The first-order valence-electron chi connectivity index (χ1n) is 4.50. The van der Waals surface area contributed by atoms with E-state index in [4.69, 9.17) is 0 Å². The van der Waals surface area contributed by atoms with Crippen molar-refractivity contribution in [2.24, 2.45) is 0 Å². The lowest BCUT2D eigenvalue weighted by atomic mass is 10.2. The molecule has 2 rings (SSSR count). The molecule has 0 bridgehead atoms. The summed E-state index contributed by atoms with van der Waals surface area (Å²) in [5, 5.41) is 6.00. The molecule has 0 aliphatic rings. The summed E-state index contributed by atoms with van der Waals surface area (Å²) in [5.74, 6) is 0. The van der Waals surface area contributed by atoms with Crippen molar-refractivity contribution in [2.75, 3.05) is 0 Å². The van der Waals surface area contributed by atoms with E-state index in [1.807, 2.05) is 0 Å². The van der Waals surface area contributed by atoms with Gasteiger partial charge in [-0.2, -0.15) is 18.3 Å². The van der Waals surface area contributed by atoms with Crippen LogP contribution < -0.4 is 0 Å². The zero-order valence-corrected chi connectivity index (χ0v) is 8.29. The molecular formula is C9H6F4N4. The van der Waals surface area contributed by atoms with Crippen LogP contribution in [0.1, 0.15) is 11.4 Å². The van der Waals surface area contributed by atoms with Crippen molar-refractivity contribution < 1.29 is 17.6 Å². The molecule has 0 unspecified atom stereocenters. The maximum Gasteiger partial charge on any atom is 0.433 e. The van der Waals surface area contributed by atoms with E-state index in [9.17, 15) is 17.6 Å². The molecule has 4 nitrogen and oxygen atoms in total. The van der Waals surface area contributed by atoms with E-state index in [-0.39, 0.29) is 17.1 Å². The summed E-state index contributed by atoms with van der Waals surface area (Å²) >= 11 is 0. The Bertz CT molecular complexity index is 520. The van der Waals surface area contributed by atoms with Gasteiger partial charge in [-0.15, -0.1) is 0 Å². The third-order valence-corrected chi connectivity index (χ3v) is 1.99. The molecule has 0 radical (unpaired) electrons. The number of H-pyrrole nitrogens is 1. The van der Waals surface area contributed by atoms with Crippen LogP contribution >= 0.6 is 0 Å². The summed E-state index contributed by atoms with van der Waals surface area (Å²) in [6.45, 7) is -0.774. The number of rotatable bonds is 2. The average Bonchev–Trinajstić information content (AvgIpc) is 2.76. The van der Waals surface area contributed by atoms with E-state index < -0.39 is 18.5 Å². The van der Waals surface area contributed by atoms with Gasteiger partial charge in [-0.25, -0.2) is 14.4 Å². The van der Waals surface area contributed by atoms with E-state index in [1.165, 1.54) is 6.07 Å². The molecule has 0 saturated carbocycles. The van der Waals surface area contributed by atoms with Gasteiger partial charge in [-0.1, -0.05) is 0 Å². The number of hydrogen-bond donors (Lipinski definition) is 1. The highest BCUT2D eigenvalue weighted by molar-refractivity contribution is 5.54. The van der Waals surface area contributed by atoms with E-state index in [0.29, 0.717) is 0 Å². The average molecular weight is 246 g/mol. The summed E-state index contributed by atoms with van der Waals surface area (Å²) in [6.07, 6.45) is -3.75. The Morgan fingerprint density at radius 3 is 2.47 bits per heavy atom. The predicted molar refractivity (Wildman–Crippen MR) is 49.4 cm³/mol. The van der Waals surface area contributed by atoms with Crippen LogP contribution in [0.4, 0.5) is 17.6 Å². The molecule has 0 aliphatic carbocycles. The van der Waals surface area contributed by atoms with Gasteiger partial charge in [0.1, 0.15) is 24.4 Å². The summed E-state index contributed by atoms with van der Waals surface area (Å²) in [5.41, 5.74) is -0.756. The quantitative estimate of drug-likeness (QED) is 0.827. The van der Waals surface area contributed by atoms with Crippen molar-refractivity contribution in [1.82, 2.24) is 20.2 Å². The number of aromatic nitrogens is 4. The second-order valence-corrected chi connectivity index (χ2v) is 3.20. The van der Waals surface area contributed by atoms with Crippen LogP contribution in [0.2, 0.25) is 0 Å². The topological polar surface area (TPSA) is 54.5 Å². The van der Waals surface area contributed by atoms with Crippen molar-refractivity contribution in [3.63, 3.8) is 0 Å².